The van der Waals surface area contributed by atoms with Crippen LogP contribution in [-0.4, -0.2) is 71.5 Å². The second kappa shape index (κ2) is 8.09. The minimum atomic E-state index is -1.34. The molecule has 0 heterocycles. The van der Waals surface area contributed by atoms with Crippen LogP contribution in [0.25, 0.3) is 0 Å². The molecule has 3 saturated carbocycles. The molecule has 3 fully saturated rings. The maximum absolute atomic E-state index is 13.3. The van der Waals surface area contributed by atoms with Crippen molar-refractivity contribution in [1.29, 1.82) is 0 Å². The summed E-state index contributed by atoms with van der Waals surface area (Å²) in [4.78, 5) is 13.3. The van der Waals surface area contributed by atoms with Gasteiger partial charge < -0.3 is 30.6 Å². The van der Waals surface area contributed by atoms with E-state index in [4.69, 9.17) is 0 Å². The van der Waals surface area contributed by atoms with E-state index in [1.54, 1.807) is 20.8 Å². The minimum absolute atomic E-state index is 0.151. The molecule has 0 radical (unpaired) electrons. The van der Waals surface area contributed by atoms with Gasteiger partial charge in [0.25, 0.3) is 0 Å². The molecule has 0 unspecified atom stereocenters. The van der Waals surface area contributed by atoms with Crippen molar-refractivity contribution in [2.75, 3.05) is 0 Å². The quantitative estimate of drug-likeness (QED) is 0.353. The number of aliphatic hydroxyl groups is 6. The van der Waals surface area contributed by atoms with Crippen LogP contribution in [-0.2, 0) is 4.79 Å². The Kier molecular flexibility index (Phi) is 6.24. The fourth-order valence-electron chi connectivity index (χ4n) is 8.54. The van der Waals surface area contributed by atoms with Crippen LogP contribution in [0, 0.1) is 28.6 Å². The minimum Gasteiger partial charge on any atom is -0.392 e. The van der Waals surface area contributed by atoms with Gasteiger partial charge in [-0.05, 0) is 95.1 Å². The Morgan fingerprint density at radius 1 is 1.00 bits per heavy atom. The van der Waals surface area contributed by atoms with E-state index >= 15 is 0 Å². The lowest BCUT2D eigenvalue weighted by atomic mass is 9.45. The van der Waals surface area contributed by atoms with Crippen LogP contribution in [0.2, 0.25) is 0 Å². The Labute approximate surface area is 202 Å². The lowest BCUT2D eigenvalue weighted by molar-refractivity contribution is -0.184. The number of rotatable bonds is 5. The van der Waals surface area contributed by atoms with Gasteiger partial charge in [-0.3, -0.25) is 4.79 Å². The summed E-state index contributed by atoms with van der Waals surface area (Å²) >= 11 is 0. The number of hydrogen-bond donors (Lipinski definition) is 6. The Morgan fingerprint density at radius 2 is 1.65 bits per heavy atom. The molecule has 194 valence electrons. The molecule has 0 aromatic rings. The Hall–Kier alpha value is -0.830. The topological polar surface area (TPSA) is 138 Å². The number of ketones is 1. The van der Waals surface area contributed by atoms with Crippen molar-refractivity contribution in [1.82, 2.24) is 0 Å². The van der Waals surface area contributed by atoms with Crippen LogP contribution in [0.15, 0.2) is 11.6 Å². The van der Waals surface area contributed by atoms with Gasteiger partial charge in [0, 0.05) is 17.3 Å². The Balaban J connectivity index is 1.69. The standard InChI is InChI=1S/C27H44O7/c1-23(2,32)8-6-9-26(5,33)21-7-10-27(34)16-12-17(28)15-11-18(29)19(30)13-24(15,3)22(16)20(31)14-25(21,27)4/h12,15,18-22,29-34H,6-11,13-14H2,1-5H3/t15-,18+,19-,20+,21-,22+,24-,25+,26+,27+/m0/s1. The second-order valence-electron chi connectivity index (χ2n) is 13.3. The van der Waals surface area contributed by atoms with Crippen LogP contribution in [0.5, 0.6) is 0 Å². The molecule has 0 spiro atoms. The summed E-state index contributed by atoms with van der Waals surface area (Å²) in [6.07, 6.45) is 1.95. The smallest absolute Gasteiger partial charge is 0.159 e. The third kappa shape index (κ3) is 3.82. The highest BCUT2D eigenvalue weighted by Crippen LogP contribution is 2.68. The van der Waals surface area contributed by atoms with Gasteiger partial charge in [0.05, 0.1) is 35.1 Å². The van der Waals surface area contributed by atoms with Crippen LogP contribution >= 0.6 is 0 Å². The molecule has 0 saturated heterocycles. The third-order valence-corrected chi connectivity index (χ3v) is 10.3. The molecule has 0 bridgehead atoms. The fourth-order valence-corrected chi connectivity index (χ4v) is 8.54. The molecule has 10 atom stereocenters. The first kappa shape index (κ1) is 26.2. The normalized spacial score (nSPS) is 48.4. The van der Waals surface area contributed by atoms with Gasteiger partial charge in [-0.25, -0.2) is 0 Å². The van der Waals surface area contributed by atoms with Gasteiger partial charge in [0.2, 0.25) is 0 Å². The van der Waals surface area contributed by atoms with Gasteiger partial charge in [0.15, 0.2) is 5.78 Å². The van der Waals surface area contributed by atoms with Gasteiger partial charge in [-0.1, -0.05) is 13.8 Å². The van der Waals surface area contributed by atoms with E-state index in [2.05, 4.69) is 0 Å². The number of carbonyl (C=O) groups excluding carboxylic acids is 1. The molecule has 0 aromatic carbocycles. The van der Waals surface area contributed by atoms with Crippen molar-refractivity contribution in [3.05, 3.63) is 11.6 Å². The van der Waals surface area contributed by atoms with Crippen molar-refractivity contribution < 1.29 is 35.4 Å². The molecule has 7 heteroatoms. The van der Waals surface area contributed by atoms with E-state index < -0.39 is 57.8 Å². The Bertz CT molecular complexity index is 860. The van der Waals surface area contributed by atoms with E-state index in [0.717, 1.165) is 0 Å². The zero-order valence-electron chi connectivity index (χ0n) is 21.3. The maximum Gasteiger partial charge on any atom is 0.159 e. The molecule has 7 nitrogen and oxygen atoms in total. The van der Waals surface area contributed by atoms with E-state index in [1.807, 2.05) is 13.8 Å². The van der Waals surface area contributed by atoms with E-state index in [1.165, 1.54) is 6.08 Å². The molecule has 4 aliphatic rings. The summed E-state index contributed by atoms with van der Waals surface area (Å²) in [6.45, 7) is 9.10. The van der Waals surface area contributed by atoms with Crippen molar-refractivity contribution in [3.8, 4) is 0 Å². The highest BCUT2D eigenvalue weighted by Gasteiger charge is 2.70. The first-order valence-electron chi connectivity index (χ1n) is 12.9. The van der Waals surface area contributed by atoms with E-state index in [0.29, 0.717) is 37.7 Å². The molecule has 0 aromatic heterocycles. The summed E-state index contributed by atoms with van der Waals surface area (Å²) in [6, 6.07) is 0. The van der Waals surface area contributed by atoms with Crippen LogP contribution in [0.4, 0.5) is 0 Å². The molecular weight excluding hydrogens is 436 g/mol. The molecule has 4 rings (SSSR count). The fraction of sp³-hybridized carbons (Fsp3) is 0.889. The van der Waals surface area contributed by atoms with Crippen molar-refractivity contribution in [3.63, 3.8) is 0 Å². The predicted octanol–water partition coefficient (Wildman–Crippen LogP) is 1.85. The van der Waals surface area contributed by atoms with Crippen molar-refractivity contribution >= 4 is 5.78 Å². The SMILES string of the molecule is CC(C)(O)CCC[C@@](C)(O)[C@H]1CC[C@@]2(O)C3=CC(=O)[C@@H]4C[C@@H](O)[C@@H](O)C[C@]4(C)[C@H]3[C@H](O)C[C@]12C. The summed E-state index contributed by atoms with van der Waals surface area (Å²) in [5.74, 6) is -1.45. The van der Waals surface area contributed by atoms with Gasteiger partial charge >= 0.3 is 0 Å². The number of fused-ring (bicyclic) bond motifs is 5. The zero-order valence-corrected chi connectivity index (χ0v) is 21.3. The monoisotopic (exact) mass is 480 g/mol. The summed E-state index contributed by atoms with van der Waals surface area (Å²) < 4.78 is 0. The van der Waals surface area contributed by atoms with Crippen molar-refractivity contribution in [2.45, 2.75) is 121 Å². The zero-order chi connectivity index (χ0) is 25.5. The summed E-state index contributed by atoms with van der Waals surface area (Å²) in [5, 5.41) is 66.0. The number of hydrogen-bond acceptors (Lipinski definition) is 7. The molecular formula is C27H44O7. The first-order chi connectivity index (χ1) is 15.5. The lowest BCUT2D eigenvalue weighted by Gasteiger charge is -2.62. The first-order valence-corrected chi connectivity index (χ1v) is 12.9. The van der Waals surface area contributed by atoms with E-state index in [-0.39, 0.29) is 31.0 Å². The second-order valence-corrected chi connectivity index (χ2v) is 13.3. The van der Waals surface area contributed by atoms with Crippen LogP contribution < -0.4 is 0 Å². The predicted molar refractivity (Wildman–Crippen MR) is 127 cm³/mol. The largest absolute Gasteiger partial charge is 0.392 e. The molecule has 6 N–H and O–H groups in total. The molecule has 0 amide bonds. The van der Waals surface area contributed by atoms with Crippen LogP contribution in [0.1, 0.15) is 86.0 Å². The maximum atomic E-state index is 13.3. The lowest BCUT2D eigenvalue weighted by Crippen LogP contribution is -2.65. The van der Waals surface area contributed by atoms with Gasteiger partial charge in [0.1, 0.15) is 0 Å². The Morgan fingerprint density at radius 3 is 2.26 bits per heavy atom. The van der Waals surface area contributed by atoms with Gasteiger partial charge in [-0.2, -0.15) is 0 Å². The van der Waals surface area contributed by atoms with E-state index in [9.17, 15) is 35.4 Å². The third-order valence-electron chi connectivity index (χ3n) is 10.3. The van der Waals surface area contributed by atoms with Crippen LogP contribution in [0.3, 0.4) is 0 Å². The number of aliphatic hydroxyl groups excluding tert-OH is 3. The highest BCUT2D eigenvalue weighted by atomic mass is 16.3. The number of carbonyl (C=O) groups is 1. The average molecular weight is 481 g/mol. The average Bonchev–Trinajstić information content (AvgIpc) is 2.94. The van der Waals surface area contributed by atoms with Crippen molar-refractivity contribution in [2.24, 2.45) is 28.6 Å². The number of allylic oxidation sites excluding steroid dienone is 1. The van der Waals surface area contributed by atoms with Gasteiger partial charge in [-0.15, -0.1) is 0 Å². The summed E-state index contributed by atoms with van der Waals surface area (Å²) in [7, 11) is 0. The molecule has 0 aliphatic heterocycles. The molecule has 34 heavy (non-hydrogen) atoms. The highest BCUT2D eigenvalue weighted by molar-refractivity contribution is 5.95. The summed E-state index contributed by atoms with van der Waals surface area (Å²) in [5.41, 5.74) is -4.31. The molecule has 4 aliphatic carbocycles.